The predicted octanol–water partition coefficient (Wildman–Crippen LogP) is 3.43. The van der Waals surface area contributed by atoms with Gasteiger partial charge in [0.1, 0.15) is 11.3 Å². The van der Waals surface area contributed by atoms with Crippen LogP contribution in [0.3, 0.4) is 0 Å². The molecule has 3 rings (SSSR count). The van der Waals surface area contributed by atoms with Gasteiger partial charge in [0.25, 0.3) is 5.91 Å². The van der Waals surface area contributed by atoms with Gasteiger partial charge >= 0.3 is 6.03 Å². The molecule has 1 aliphatic heterocycles. The number of urea groups is 1. The summed E-state index contributed by atoms with van der Waals surface area (Å²) in [7, 11) is 0. The number of amides is 3. The van der Waals surface area contributed by atoms with Crippen molar-refractivity contribution in [2.24, 2.45) is 5.10 Å². The van der Waals surface area contributed by atoms with Crippen LogP contribution >= 0.6 is 15.9 Å². The van der Waals surface area contributed by atoms with Crippen LogP contribution < -0.4 is 5.32 Å². The summed E-state index contributed by atoms with van der Waals surface area (Å²) in [6, 6.07) is 14.0. The molecule has 2 N–H and O–H groups in total. The third-order valence-electron chi connectivity index (χ3n) is 4.30. The molecule has 0 bridgehead atoms. The first-order chi connectivity index (χ1) is 12.4. The summed E-state index contributed by atoms with van der Waals surface area (Å²) in [6.07, 6.45) is 2.42. The number of nitrogens with zero attached hydrogens (tertiary/aromatic N) is 2. The maximum absolute atomic E-state index is 12.7. The monoisotopic (exact) mass is 415 g/mol. The second kappa shape index (κ2) is 7.29. The highest BCUT2D eigenvalue weighted by molar-refractivity contribution is 9.10. The van der Waals surface area contributed by atoms with Gasteiger partial charge in [0.05, 0.1) is 6.21 Å². The lowest BCUT2D eigenvalue weighted by molar-refractivity contribution is -0.130. The van der Waals surface area contributed by atoms with E-state index in [0.717, 1.165) is 15.0 Å². The number of benzene rings is 2. The van der Waals surface area contributed by atoms with Crippen LogP contribution in [0.25, 0.3) is 0 Å². The number of nitrogens with one attached hydrogen (secondary N) is 1. The molecule has 26 heavy (non-hydrogen) atoms. The molecular formula is C19H18BrN3O3. The van der Waals surface area contributed by atoms with Crippen LogP contribution in [0.1, 0.15) is 24.5 Å². The van der Waals surface area contributed by atoms with Crippen LogP contribution in [0.4, 0.5) is 4.79 Å². The Morgan fingerprint density at radius 3 is 2.69 bits per heavy atom. The minimum atomic E-state index is -1.01. The van der Waals surface area contributed by atoms with Crippen molar-refractivity contribution in [2.45, 2.75) is 25.3 Å². The third-order valence-corrected chi connectivity index (χ3v) is 4.79. The van der Waals surface area contributed by atoms with Crippen molar-refractivity contribution >= 4 is 34.1 Å². The van der Waals surface area contributed by atoms with Crippen molar-refractivity contribution < 1.29 is 14.7 Å². The molecule has 3 amide bonds. The Morgan fingerprint density at radius 1 is 1.23 bits per heavy atom. The molecule has 1 fully saturated rings. The Kier molecular flexibility index (Phi) is 5.08. The summed E-state index contributed by atoms with van der Waals surface area (Å²) in [5.74, 6) is -0.403. The van der Waals surface area contributed by atoms with Gasteiger partial charge in [0, 0.05) is 10.0 Å². The molecule has 7 heteroatoms. The summed E-state index contributed by atoms with van der Waals surface area (Å²) in [5.41, 5.74) is 0.485. The quantitative estimate of drug-likeness (QED) is 0.579. The zero-order chi connectivity index (χ0) is 18.7. The number of carbonyl (C=O) groups is 2. The highest BCUT2D eigenvalue weighted by Gasteiger charge is 2.47. The smallest absolute Gasteiger partial charge is 0.346 e. The van der Waals surface area contributed by atoms with Gasteiger partial charge in [-0.1, -0.05) is 46.3 Å². The van der Waals surface area contributed by atoms with Crippen LogP contribution in [0, 0.1) is 0 Å². The van der Waals surface area contributed by atoms with Gasteiger partial charge in [-0.2, -0.15) is 5.10 Å². The molecule has 1 saturated heterocycles. The largest absolute Gasteiger partial charge is 0.507 e. The van der Waals surface area contributed by atoms with Gasteiger partial charge in [-0.25, -0.2) is 4.79 Å². The first kappa shape index (κ1) is 18.1. The third kappa shape index (κ3) is 3.77. The molecule has 134 valence electrons. The fourth-order valence-corrected chi connectivity index (χ4v) is 3.11. The van der Waals surface area contributed by atoms with Gasteiger partial charge in [0.15, 0.2) is 0 Å². The number of hydrogen-bond acceptors (Lipinski definition) is 4. The topological polar surface area (TPSA) is 82.0 Å². The number of hydrogen-bond donors (Lipinski definition) is 2. The summed E-state index contributed by atoms with van der Waals surface area (Å²) < 4.78 is 0.752. The van der Waals surface area contributed by atoms with E-state index in [1.807, 2.05) is 30.3 Å². The van der Waals surface area contributed by atoms with E-state index in [9.17, 15) is 14.7 Å². The van der Waals surface area contributed by atoms with E-state index in [1.54, 1.807) is 19.1 Å². The Bertz CT molecular complexity index is 870. The molecule has 0 aliphatic carbocycles. The molecule has 0 spiro atoms. The number of phenolic OH excluding ortho intramolecular Hbond substituents is 1. The summed E-state index contributed by atoms with van der Waals surface area (Å²) in [4.78, 5) is 24.9. The Hall–Kier alpha value is -2.67. The second-order valence-corrected chi connectivity index (χ2v) is 7.23. The molecule has 1 aliphatic rings. The lowest BCUT2D eigenvalue weighted by Crippen LogP contribution is -2.44. The van der Waals surface area contributed by atoms with Crippen LogP contribution in [-0.2, 0) is 11.2 Å². The van der Waals surface area contributed by atoms with E-state index < -0.39 is 17.5 Å². The maximum Gasteiger partial charge on any atom is 0.346 e. The predicted molar refractivity (Wildman–Crippen MR) is 102 cm³/mol. The fourth-order valence-electron chi connectivity index (χ4n) is 2.73. The van der Waals surface area contributed by atoms with Crippen LogP contribution in [-0.4, -0.2) is 33.8 Å². The zero-order valence-corrected chi connectivity index (χ0v) is 15.7. The fraction of sp³-hybridized carbons (Fsp3) is 0.211. The number of carbonyl (C=O) groups excluding carboxylic acids is 2. The number of hydrazone groups is 1. The minimum absolute atomic E-state index is 0.0100. The van der Waals surface area contributed by atoms with Gasteiger partial charge in [-0.05, 0) is 43.5 Å². The van der Waals surface area contributed by atoms with Gasteiger partial charge < -0.3 is 10.4 Å². The highest BCUT2D eigenvalue weighted by atomic mass is 79.9. The van der Waals surface area contributed by atoms with Crippen molar-refractivity contribution in [1.82, 2.24) is 10.3 Å². The molecule has 6 nitrogen and oxygen atoms in total. The van der Waals surface area contributed by atoms with Crippen molar-refractivity contribution in [3.05, 3.63) is 64.1 Å². The van der Waals surface area contributed by atoms with E-state index >= 15 is 0 Å². The first-order valence-electron chi connectivity index (χ1n) is 8.12. The lowest BCUT2D eigenvalue weighted by Gasteiger charge is -2.20. The van der Waals surface area contributed by atoms with Crippen molar-refractivity contribution in [2.75, 3.05) is 0 Å². The van der Waals surface area contributed by atoms with E-state index in [0.29, 0.717) is 18.4 Å². The number of aromatic hydroxyl groups is 1. The van der Waals surface area contributed by atoms with Crippen LogP contribution in [0.2, 0.25) is 0 Å². The lowest BCUT2D eigenvalue weighted by atomic mass is 9.93. The SMILES string of the molecule is C[C@]1(CCc2ccccc2)NC(=O)N(/N=C/c2cc(Br)ccc2O)C1=O. The summed E-state index contributed by atoms with van der Waals surface area (Å²) in [5, 5.41) is 17.3. The second-order valence-electron chi connectivity index (χ2n) is 6.31. The highest BCUT2D eigenvalue weighted by Crippen LogP contribution is 2.24. The Balaban J connectivity index is 1.73. The molecule has 1 heterocycles. The zero-order valence-electron chi connectivity index (χ0n) is 14.1. The van der Waals surface area contributed by atoms with Crippen LogP contribution in [0.5, 0.6) is 5.75 Å². The number of halogens is 1. The van der Waals surface area contributed by atoms with Gasteiger partial charge in [-0.15, -0.1) is 5.01 Å². The standard InChI is InChI=1S/C19H18BrN3O3/c1-19(10-9-13-5-3-2-4-6-13)17(25)23(18(26)22-19)21-12-14-11-15(20)7-8-16(14)24/h2-8,11-12,24H,9-10H2,1H3,(H,22,26)/b21-12+/t19-/m1/s1. The molecule has 0 radical (unpaired) electrons. The van der Waals surface area contributed by atoms with Gasteiger partial charge in [0.2, 0.25) is 0 Å². The van der Waals surface area contributed by atoms with E-state index in [2.05, 4.69) is 26.3 Å². The normalized spacial score (nSPS) is 20.0. The maximum atomic E-state index is 12.7. The number of rotatable bonds is 5. The van der Waals surface area contributed by atoms with E-state index in [4.69, 9.17) is 0 Å². The van der Waals surface area contributed by atoms with Crippen molar-refractivity contribution in [3.63, 3.8) is 0 Å². The Morgan fingerprint density at radius 2 is 1.96 bits per heavy atom. The van der Waals surface area contributed by atoms with Gasteiger partial charge in [-0.3, -0.25) is 4.79 Å². The minimum Gasteiger partial charge on any atom is -0.507 e. The van der Waals surface area contributed by atoms with E-state index in [1.165, 1.54) is 12.3 Å². The molecule has 1 atom stereocenters. The molecule has 2 aromatic carbocycles. The number of imide groups is 1. The average molecular weight is 416 g/mol. The molecular weight excluding hydrogens is 398 g/mol. The Labute approximate surface area is 159 Å². The summed E-state index contributed by atoms with van der Waals surface area (Å²) in [6.45, 7) is 1.70. The van der Waals surface area contributed by atoms with Crippen LogP contribution in [0.15, 0.2) is 58.1 Å². The molecule has 0 aromatic heterocycles. The first-order valence-corrected chi connectivity index (χ1v) is 8.91. The molecule has 2 aromatic rings. The number of aryl methyl sites for hydroxylation is 1. The summed E-state index contributed by atoms with van der Waals surface area (Å²) >= 11 is 3.30. The molecule has 0 saturated carbocycles. The molecule has 0 unspecified atom stereocenters. The van der Waals surface area contributed by atoms with Crippen molar-refractivity contribution in [1.29, 1.82) is 0 Å². The average Bonchev–Trinajstić information content (AvgIpc) is 2.84. The number of phenols is 1. The van der Waals surface area contributed by atoms with Crippen molar-refractivity contribution in [3.8, 4) is 5.75 Å². The van der Waals surface area contributed by atoms with E-state index in [-0.39, 0.29) is 5.75 Å².